The third-order valence-electron chi connectivity index (χ3n) is 11.4. The van der Waals surface area contributed by atoms with Gasteiger partial charge in [-0.1, -0.05) is 18.2 Å². The second kappa shape index (κ2) is 12.1. The molecule has 3 fully saturated rings. The average molecular weight is 685 g/mol. The van der Waals surface area contributed by atoms with Crippen LogP contribution in [0.2, 0.25) is 0 Å². The smallest absolute Gasteiger partial charge is 0.329 e. The molecule has 5 aromatic rings. The van der Waals surface area contributed by atoms with Gasteiger partial charge in [0.05, 0.1) is 22.3 Å². The molecule has 260 valence electrons. The van der Waals surface area contributed by atoms with Crippen LogP contribution in [0.1, 0.15) is 53.3 Å². The summed E-state index contributed by atoms with van der Waals surface area (Å²) >= 11 is 0. The van der Waals surface area contributed by atoms with Crippen molar-refractivity contribution in [2.45, 2.75) is 43.6 Å². The third kappa shape index (κ3) is 5.54. The quantitative estimate of drug-likeness (QED) is 0.223. The number of aromatic amines is 1. The summed E-state index contributed by atoms with van der Waals surface area (Å²) in [5, 5.41) is 5.42. The molecule has 2 aromatic carbocycles. The maximum Gasteiger partial charge on any atom is 0.329 e. The highest BCUT2D eigenvalue weighted by Gasteiger charge is 2.50. The van der Waals surface area contributed by atoms with E-state index in [0.717, 1.165) is 103 Å². The molecule has 1 aliphatic carbocycles. The Morgan fingerprint density at radius 1 is 0.882 bits per heavy atom. The zero-order valence-electron chi connectivity index (χ0n) is 28.6. The fourth-order valence-electron chi connectivity index (χ4n) is 8.13. The number of hydrogen-bond donors (Lipinski definition) is 3. The van der Waals surface area contributed by atoms with Crippen molar-refractivity contribution < 1.29 is 14.4 Å². The van der Waals surface area contributed by atoms with E-state index in [4.69, 9.17) is 0 Å². The minimum absolute atomic E-state index is 0.00293. The minimum Gasteiger partial charge on any atom is -0.369 e. The number of benzene rings is 2. The predicted octanol–water partition coefficient (Wildman–Crippen LogP) is 3.51. The van der Waals surface area contributed by atoms with Crippen molar-refractivity contribution in [2.24, 2.45) is 7.05 Å². The lowest BCUT2D eigenvalue weighted by Gasteiger charge is -2.36. The highest BCUT2D eigenvalue weighted by atomic mass is 16.2. The Morgan fingerprint density at radius 3 is 2.45 bits per heavy atom. The number of rotatable bonds is 7. The number of fused-ring (bicyclic) bond motifs is 3. The van der Waals surface area contributed by atoms with Crippen molar-refractivity contribution in [3.8, 4) is 22.5 Å². The van der Waals surface area contributed by atoms with Crippen molar-refractivity contribution in [1.29, 1.82) is 0 Å². The van der Waals surface area contributed by atoms with E-state index in [2.05, 4.69) is 66.8 Å². The van der Waals surface area contributed by atoms with Crippen LogP contribution in [0.15, 0.2) is 71.7 Å². The van der Waals surface area contributed by atoms with Gasteiger partial charge in [-0.15, -0.1) is 0 Å². The van der Waals surface area contributed by atoms with Gasteiger partial charge in [-0.25, -0.2) is 4.79 Å². The lowest BCUT2D eigenvalue weighted by Crippen LogP contribution is -2.47. The molecule has 4 aliphatic rings. The van der Waals surface area contributed by atoms with Crippen molar-refractivity contribution in [2.75, 3.05) is 44.2 Å². The first-order valence-corrected chi connectivity index (χ1v) is 17.9. The summed E-state index contributed by atoms with van der Waals surface area (Å²) in [4.78, 5) is 63.0. The number of aryl methyl sites for hydroxylation is 1. The predicted molar refractivity (Wildman–Crippen MR) is 194 cm³/mol. The van der Waals surface area contributed by atoms with Gasteiger partial charge in [0.15, 0.2) is 0 Å². The molecule has 0 bridgehead atoms. The van der Waals surface area contributed by atoms with Crippen LogP contribution in [0.4, 0.5) is 5.69 Å². The van der Waals surface area contributed by atoms with Crippen molar-refractivity contribution in [3.63, 3.8) is 0 Å². The summed E-state index contributed by atoms with van der Waals surface area (Å²) in [5.41, 5.74) is 9.45. The van der Waals surface area contributed by atoms with Gasteiger partial charge in [-0.05, 0) is 73.7 Å². The van der Waals surface area contributed by atoms with Crippen LogP contribution in [0.5, 0.6) is 0 Å². The number of aromatic nitrogens is 4. The summed E-state index contributed by atoms with van der Waals surface area (Å²) in [5.74, 6) is -0.710. The molecular weight excluding hydrogens is 644 g/mol. The molecule has 3 aliphatic heterocycles. The first kappa shape index (κ1) is 31.5. The number of amides is 3. The number of piperidine rings is 1. The largest absolute Gasteiger partial charge is 0.369 e. The fourth-order valence-corrected chi connectivity index (χ4v) is 8.13. The van der Waals surface area contributed by atoms with Gasteiger partial charge in [0.2, 0.25) is 11.8 Å². The average Bonchev–Trinajstić information content (AvgIpc) is 3.71. The van der Waals surface area contributed by atoms with E-state index in [1.807, 2.05) is 30.5 Å². The molecule has 6 heterocycles. The van der Waals surface area contributed by atoms with Gasteiger partial charge in [0.25, 0.3) is 5.91 Å². The van der Waals surface area contributed by atoms with Gasteiger partial charge >= 0.3 is 5.69 Å². The number of hydrogen-bond acceptors (Lipinski definition) is 7. The first-order chi connectivity index (χ1) is 24.8. The number of pyridine rings is 1. The standard InChI is InChI=1S/C39H40N8O4/c1-44-33-20-24(2-7-31(33)47(38(44)51)32-8-9-34(48)43-37(32)50)11-15-45-16-18-46(19-17-45)27-5-3-25(4-6-27)29-21-26(10-14-40-29)30-22-28-35(42-30)39(12-13-39)23-41-36(28)49/h2-7,10,14,20-22,32,42H,8-9,11-13,15-19,23H2,1H3,(H,41,49)(H,43,48,50). The summed E-state index contributed by atoms with van der Waals surface area (Å²) in [7, 11) is 1.73. The van der Waals surface area contributed by atoms with Crippen LogP contribution >= 0.6 is 0 Å². The SMILES string of the molecule is Cn1c(=O)n(C2CCC(=O)NC2=O)c2ccc(CCN3CCN(c4ccc(-c5cc(-c6cc7c([nH]6)C6(CC6)CNC7=O)ccn5)cc4)CC3)cc21. The molecule has 12 heteroatoms. The highest BCUT2D eigenvalue weighted by molar-refractivity contribution is 6.00. The van der Waals surface area contributed by atoms with E-state index in [9.17, 15) is 19.2 Å². The monoisotopic (exact) mass is 684 g/mol. The number of imidazole rings is 1. The van der Waals surface area contributed by atoms with E-state index in [-0.39, 0.29) is 29.3 Å². The molecule has 1 saturated carbocycles. The molecular formula is C39H40N8O4. The number of carbonyl (C=O) groups is 3. The van der Waals surface area contributed by atoms with Gasteiger partial charge < -0.3 is 15.2 Å². The molecule has 9 rings (SSSR count). The molecule has 3 N–H and O–H groups in total. The van der Waals surface area contributed by atoms with Crippen molar-refractivity contribution in [3.05, 3.63) is 94.2 Å². The van der Waals surface area contributed by atoms with Gasteiger partial charge in [-0.3, -0.25) is 38.7 Å². The Balaban J connectivity index is 0.823. The maximum atomic E-state index is 13.1. The Bertz CT molecular complexity index is 2270. The Morgan fingerprint density at radius 2 is 1.69 bits per heavy atom. The minimum atomic E-state index is -0.679. The number of carbonyl (C=O) groups excluding carboxylic acids is 3. The van der Waals surface area contributed by atoms with E-state index >= 15 is 0 Å². The van der Waals surface area contributed by atoms with Crippen molar-refractivity contribution >= 4 is 34.4 Å². The summed E-state index contributed by atoms with van der Waals surface area (Å²) in [6.07, 6.45) is 5.45. The molecule has 1 spiro atoms. The third-order valence-corrected chi connectivity index (χ3v) is 11.4. The zero-order valence-corrected chi connectivity index (χ0v) is 28.6. The van der Waals surface area contributed by atoms with Crippen LogP contribution < -0.4 is 21.2 Å². The molecule has 3 amide bonds. The molecule has 1 atom stereocenters. The van der Waals surface area contributed by atoms with Crippen LogP contribution in [-0.2, 0) is 28.5 Å². The molecule has 2 saturated heterocycles. The second-order valence-electron chi connectivity index (χ2n) is 14.5. The molecule has 0 radical (unpaired) electrons. The molecule has 1 unspecified atom stereocenters. The number of imide groups is 1. The van der Waals surface area contributed by atoms with E-state index in [0.29, 0.717) is 11.9 Å². The zero-order chi connectivity index (χ0) is 34.9. The molecule has 51 heavy (non-hydrogen) atoms. The normalized spacial score (nSPS) is 20.1. The van der Waals surface area contributed by atoms with Crippen LogP contribution in [0.3, 0.4) is 0 Å². The van der Waals surface area contributed by atoms with E-state index in [1.165, 1.54) is 10.3 Å². The summed E-state index contributed by atoms with van der Waals surface area (Å²) < 4.78 is 3.12. The summed E-state index contributed by atoms with van der Waals surface area (Å²) in [6, 6.07) is 20.0. The number of anilines is 1. The fraction of sp³-hybridized carbons (Fsp3) is 0.359. The first-order valence-electron chi connectivity index (χ1n) is 17.9. The second-order valence-corrected chi connectivity index (χ2v) is 14.5. The van der Waals surface area contributed by atoms with Crippen molar-refractivity contribution in [1.82, 2.24) is 34.6 Å². The lowest BCUT2D eigenvalue weighted by atomic mass is 9.95. The maximum absolute atomic E-state index is 13.1. The van der Waals surface area contributed by atoms with Crippen LogP contribution in [0, 0.1) is 0 Å². The Labute approximate surface area is 294 Å². The highest BCUT2D eigenvalue weighted by Crippen LogP contribution is 2.50. The van der Waals surface area contributed by atoms with Gasteiger partial charge in [-0.2, -0.15) is 0 Å². The number of nitrogens with one attached hydrogen (secondary N) is 3. The number of piperazine rings is 1. The van der Waals surface area contributed by atoms with E-state index < -0.39 is 11.9 Å². The van der Waals surface area contributed by atoms with Crippen LogP contribution in [-0.4, -0.2) is 81.0 Å². The van der Waals surface area contributed by atoms with Gasteiger partial charge in [0.1, 0.15) is 6.04 Å². The molecule has 3 aromatic heterocycles. The topological polar surface area (TPSA) is 137 Å². The van der Waals surface area contributed by atoms with E-state index in [1.54, 1.807) is 11.6 Å². The Kier molecular flexibility index (Phi) is 7.46. The van der Waals surface area contributed by atoms with Gasteiger partial charge in [0, 0.05) is 92.6 Å². The molecule has 12 nitrogen and oxygen atoms in total. The number of nitrogens with zero attached hydrogens (tertiary/aromatic N) is 5. The number of H-pyrrole nitrogens is 1. The lowest BCUT2D eigenvalue weighted by molar-refractivity contribution is -0.135. The Hall–Kier alpha value is -5.49. The summed E-state index contributed by atoms with van der Waals surface area (Å²) in [6.45, 7) is 5.41. The van der Waals surface area contributed by atoms with Crippen LogP contribution in [0.25, 0.3) is 33.5 Å².